The number of sulfonamides is 1. The fourth-order valence-electron chi connectivity index (χ4n) is 1.78. The summed E-state index contributed by atoms with van der Waals surface area (Å²) in [6, 6.07) is 10.8. The predicted molar refractivity (Wildman–Crippen MR) is 77.6 cm³/mol. The molecule has 0 spiro atoms. The molecule has 0 atom stereocenters. The van der Waals surface area contributed by atoms with Crippen LogP contribution in [-0.4, -0.2) is 33.5 Å². The molecule has 2 aromatic rings. The first kappa shape index (κ1) is 15.0. The molecule has 7 heteroatoms. The van der Waals surface area contributed by atoms with E-state index in [4.69, 9.17) is 0 Å². The Hall–Kier alpha value is -2.41. The quantitative estimate of drug-likeness (QED) is 0.803. The van der Waals surface area contributed by atoms with Gasteiger partial charge in [-0.15, -0.1) is 0 Å². The van der Waals surface area contributed by atoms with Crippen molar-refractivity contribution in [1.29, 1.82) is 0 Å². The largest absolute Gasteiger partial charge is 0.465 e. The summed E-state index contributed by atoms with van der Waals surface area (Å²) in [4.78, 5) is 15.6. The van der Waals surface area contributed by atoms with Crippen LogP contribution >= 0.6 is 0 Å². The van der Waals surface area contributed by atoms with Crippen LogP contribution in [0.5, 0.6) is 0 Å². The van der Waals surface area contributed by atoms with E-state index in [2.05, 4.69) is 9.72 Å². The van der Waals surface area contributed by atoms with E-state index in [0.29, 0.717) is 0 Å². The molecule has 1 heterocycles. The van der Waals surface area contributed by atoms with Crippen LogP contribution in [0.3, 0.4) is 0 Å². The van der Waals surface area contributed by atoms with Gasteiger partial charge < -0.3 is 4.74 Å². The monoisotopic (exact) mass is 306 g/mol. The van der Waals surface area contributed by atoms with E-state index >= 15 is 0 Å². The first-order valence-corrected chi connectivity index (χ1v) is 7.50. The molecule has 0 aliphatic carbocycles. The van der Waals surface area contributed by atoms with Crippen LogP contribution in [-0.2, 0) is 14.8 Å². The number of hydrogen-bond acceptors (Lipinski definition) is 5. The van der Waals surface area contributed by atoms with Crippen molar-refractivity contribution >= 4 is 21.8 Å². The average Bonchev–Trinajstić information content (AvgIpc) is 2.54. The summed E-state index contributed by atoms with van der Waals surface area (Å²) >= 11 is 0. The SMILES string of the molecule is COC(=O)c1ccccc1S(=O)(=O)N(C)c1ccccn1. The Bertz CT molecular complexity index is 745. The van der Waals surface area contributed by atoms with Crippen LogP contribution in [0.15, 0.2) is 53.6 Å². The molecule has 0 amide bonds. The molecule has 0 bridgehead atoms. The second kappa shape index (κ2) is 5.92. The van der Waals surface area contributed by atoms with Crippen molar-refractivity contribution in [2.75, 3.05) is 18.5 Å². The minimum absolute atomic E-state index is 0.0113. The third kappa shape index (κ3) is 2.87. The molecule has 6 nitrogen and oxygen atoms in total. The van der Waals surface area contributed by atoms with E-state index in [1.54, 1.807) is 30.3 Å². The van der Waals surface area contributed by atoms with Crippen molar-refractivity contribution < 1.29 is 17.9 Å². The number of benzene rings is 1. The Morgan fingerprint density at radius 2 is 1.81 bits per heavy atom. The number of rotatable bonds is 4. The summed E-state index contributed by atoms with van der Waals surface area (Å²) < 4.78 is 30.9. The van der Waals surface area contributed by atoms with E-state index in [-0.39, 0.29) is 16.3 Å². The summed E-state index contributed by atoms with van der Waals surface area (Å²) in [6.07, 6.45) is 1.49. The highest BCUT2D eigenvalue weighted by atomic mass is 32.2. The molecule has 0 saturated carbocycles. The van der Waals surface area contributed by atoms with Gasteiger partial charge in [-0.05, 0) is 24.3 Å². The van der Waals surface area contributed by atoms with Gasteiger partial charge in [0.15, 0.2) is 0 Å². The van der Waals surface area contributed by atoms with E-state index in [1.165, 1.54) is 32.5 Å². The molecule has 0 saturated heterocycles. The molecule has 110 valence electrons. The Labute approximate surface area is 123 Å². The molecular formula is C14H14N2O4S. The topological polar surface area (TPSA) is 76.6 Å². The number of carbonyl (C=O) groups excluding carboxylic acids is 1. The van der Waals surface area contributed by atoms with Crippen LogP contribution in [0.4, 0.5) is 5.82 Å². The summed E-state index contributed by atoms with van der Waals surface area (Å²) in [5.41, 5.74) is -0.0113. The van der Waals surface area contributed by atoms with Crippen molar-refractivity contribution in [1.82, 2.24) is 4.98 Å². The highest BCUT2D eigenvalue weighted by Gasteiger charge is 2.27. The molecule has 21 heavy (non-hydrogen) atoms. The molecule has 0 aliphatic rings. The van der Waals surface area contributed by atoms with Crippen LogP contribution < -0.4 is 4.31 Å². The summed E-state index contributed by atoms with van der Waals surface area (Å²) in [5.74, 6) is -0.444. The number of ether oxygens (including phenoxy) is 1. The normalized spacial score (nSPS) is 11.0. The van der Waals surface area contributed by atoms with Crippen LogP contribution in [0, 0.1) is 0 Å². The van der Waals surface area contributed by atoms with Gasteiger partial charge in [-0.25, -0.2) is 18.2 Å². The van der Waals surface area contributed by atoms with Gasteiger partial charge in [0.2, 0.25) is 0 Å². The minimum Gasteiger partial charge on any atom is -0.465 e. The maximum atomic E-state index is 12.7. The van der Waals surface area contributed by atoms with Gasteiger partial charge in [0.05, 0.1) is 12.7 Å². The first-order chi connectivity index (χ1) is 9.98. The van der Waals surface area contributed by atoms with Gasteiger partial charge in [-0.1, -0.05) is 18.2 Å². The minimum atomic E-state index is -3.91. The standard InChI is InChI=1S/C14H14N2O4S/c1-16(13-9-5-6-10-15-13)21(18,19)12-8-4-3-7-11(12)14(17)20-2/h3-10H,1-2H3. The zero-order chi connectivity index (χ0) is 15.5. The Morgan fingerprint density at radius 1 is 1.14 bits per heavy atom. The van der Waals surface area contributed by atoms with Gasteiger partial charge in [0.25, 0.3) is 10.0 Å². The van der Waals surface area contributed by atoms with Gasteiger partial charge in [0, 0.05) is 13.2 Å². The number of hydrogen-bond donors (Lipinski definition) is 0. The summed E-state index contributed by atoms with van der Waals surface area (Å²) in [7, 11) is -1.32. The second-order valence-corrected chi connectivity index (χ2v) is 6.09. The summed E-state index contributed by atoms with van der Waals surface area (Å²) in [5, 5.41) is 0. The number of esters is 1. The lowest BCUT2D eigenvalue weighted by molar-refractivity contribution is 0.0596. The number of methoxy groups -OCH3 is 1. The van der Waals surface area contributed by atoms with Gasteiger partial charge in [-0.2, -0.15) is 0 Å². The van der Waals surface area contributed by atoms with Crippen molar-refractivity contribution in [3.63, 3.8) is 0 Å². The Balaban J connectivity index is 2.53. The smallest absolute Gasteiger partial charge is 0.339 e. The van der Waals surface area contributed by atoms with E-state index < -0.39 is 16.0 Å². The zero-order valence-corrected chi connectivity index (χ0v) is 12.4. The molecule has 0 N–H and O–H groups in total. The molecule has 0 fully saturated rings. The summed E-state index contributed by atoms with van der Waals surface area (Å²) in [6.45, 7) is 0. The predicted octanol–water partition coefficient (Wildman–Crippen LogP) is 1.69. The Kier molecular flexibility index (Phi) is 4.23. The van der Waals surface area contributed by atoms with Crippen molar-refractivity contribution in [3.05, 3.63) is 54.2 Å². The maximum Gasteiger partial charge on any atom is 0.339 e. The average molecular weight is 306 g/mol. The zero-order valence-electron chi connectivity index (χ0n) is 11.6. The van der Waals surface area contributed by atoms with Crippen molar-refractivity contribution in [2.45, 2.75) is 4.90 Å². The van der Waals surface area contributed by atoms with Crippen LogP contribution in [0.1, 0.15) is 10.4 Å². The molecule has 0 radical (unpaired) electrons. The van der Waals surface area contributed by atoms with E-state index in [9.17, 15) is 13.2 Å². The van der Waals surface area contributed by atoms with E-state index in [1.807, 2.05) is 0 Å². The number of anilines is 1. The number of pyridine rings is 1. The molecule has 0 unspecified atom stereocenters. The van der Waals surface area contributed by atoms with Crippen molar-refractivity contribution in [2.24, 2.45) is 0 Å². The van der Waals surface area contributed by atoms with Gasteiger partial charge in [0.1, 0.15) is 10.7 Å². The highest BCUT2D eigenvalue weighted by Crippen LogP contribution is 2.23. The number of nitrogens with zero attached hydrogens (tertiary/aromatic N) is 2. The lowest BCUT2D eigenvalue weighted by atomic mass is 10.2. The fourth-order valence-corrected chi connectivity index (χ4v) is 3.11. The first-order valence-electron chi connectivity index (χ1n) is 6.06. The number of carbonyl (C=O) groups is 1. The molecule has 1 aromatic heterocycles. The van der Waals surface area contributed by atoms with Crippen LogP contribution in [0.25, 0.3) is 0 Å². The van der Waals surface area contributed by atoms with Crippen LogP contribution in [0.2, 0.25) is 0 Å². The highest BCUT2D eigenvalue weighted by molar-refractivity contribution is 7.92. The van der Waals surface area contributed by atoms with E-state index in [0.717, 1.165) is 4.31 Å². The molecule has 1 aromatic carbocycles. The van der Waals surface area contributed by atoms with Gasteiger partial charge in [-0.3, -0.25) is 4.31 Å². The lowest BCUT2D eigenvalue weighted by Gasteiger charge is -2.19. The third-order valence-corrected chi connectivity index (χ3v) is 4.72. The fraction of sp³-hybridized carbons (Fsp3) is 0.143. The Morgan fingerprint density at radius 3 is 2.43 bits per heavy atom. The third-order valence-electron chi connectivity index (χ3n) is 2.90. The lowest BCUT2D eigenvalue weighted by Crippen LogP contribution is -2.28. The molecular weight excluding hydrogens is 292 g/mol. The van der Waals surface area contributed by atoms with Crippen molar-refractivity contribution in [3.8, 4) is 0 Å². The number of aromatic nitrogens is 1. The molecule has 2 rings (SSSR count). The second-order valence-electron chi connectivity index (χ2n) is 4.15. The maximum absolute atomic E-state index is 12.7. The molecule has 0 aliphatic heterocycles. The van der Waals surface area contributed by atoms with Gasteiger partial charge >= 0.3 is 5.97 Å².